The first-order valence-corrected chi connectivity index (χ1v) is 14.3. The number of hydrogen-bond donors (Lipinski definition) is 0. The molecule has 5 aromatic rings. The van der Waals surface area contributed by atoms with Crippen LogP contribution in [0.15, 0.2) is 122 Å². The van der Waals surface area contributed by atoms with Gasteiger partial charge in [0.25, 0.3) is 0 Å². The van der Waals surface area contributed by atoms with E-state index in [-0.39, 0.29) is 17.2 Å². The van der Waals surface area contributed by atoms with Crippen LogP contribution in [0.3, 0.4) is 0 Å². The Hall–Kier alpha value is -4.03. The lowest BCUT2D eigenvalue weighted by Crippen LogP contribution is -2.30. The maximum absolute atomic E-state index is 13.6. The fourth-order valence-electron chi connectivity index (χ4n) is 4.70. The molecule has 0 saturated heterocycles. The van der Waals surface area contributed by atoms with Gasteiger partial charge in [-0.2, -0.15) is 0 Å². The highest BCUT2D eigenvalue weighted by atomic mass is 28.2. The van der Waals surface area contributed by atoms with Crippen molar-refractivity contribution in [2.75, 3.05) is 0 Å². The lowest BCUT2D eigenvalue weighted by atomic mass is 9.65. The van der Waals surface area contributed by atoms with Gasteiger partial charge in [0.2, 0.25) is 7.28 Å². The van der Waals surface area contributed by atoms with Gasteiger partial charge in [0.15, 0.2) is 0 Å². The summed E-state index contributed by atoms with van der Waals surface area (Å²) < 4.78 is 29.5. The Morgan fingerprint density at radius 2 is 1.35 bits per heavy atom. The number of aromatic nitrogens is 2. The quantitative estimate of drug-likeness (QED) is 0.196. The van der Waals surface area contributed by atoms with Gasteiger partial charge in [-0.15, -0.1) is 0 Å². The third-order valence-electron chi connectivity index (χ3n) is 6.64. The minimum absolute atomic E-state index is 0.143. The Labute approximate surface area is 219 Å². The highest BCUT2D eigenvalue weighted by Gasteiger charge is 2.17. The fourth-order valence-corrected chi connectivity index (χ4v) is 6.86. The van der Waals surface area contributed by atoms with Crippen LogP contribution in [0.2, 0.25) is 0 Å². The summed E-state index contributed by atoms with van der Waals surface area (Å²) in [5, 5.41) is 0. The number of nitrogens with zero attached hydrogens (tertiary/aromatic N) is 2. The van der Waals surface area contributed by atoms with E-state index in [0.29, 0.717) is 7.28 Å². The van der Waals surface area contributed by atoms with E-state index in [1.165, 1.54) is 35.3 Å². The number of imidazole rings is 1. The molecular weight excluding hydrogens is 477 g/mol. The molecule has 0 radical (unpaired) electrons. The van der Waals surface area contributed by atoms with Gasteiger partial charge < -0.3 is 4.57 Å². The molecule has 0 N–H and O–H groups in total. The number of benzene rings is 4. The standard InChI is InChI=1S/C31H27BF2N2Si/c33-27-15-11-25(12-16-27)30(26-13-17-28(34)18-14-26)37-22-36-20-19-35-31(36)32-29(24-9-5-2-6-10-24)21-23-7-3-1-4-8-23/h1-21,30,32H,22,37H2. The Morgan fingerprint density at radius 3 is 1.95 bits per heavy atom. The zero-order chi connectivity index (χ0) is 25.5. The summed E-state index contributed by atoms with van der Waals surface area (Å²) in [6.07, 6.45) is 6.99. The van der Waals surface area contributed by atoms with Crippen molar-refractivity contribution in [2.45, 2.75) is 11.7 Å². The second-order valence-electron chi connectivity index (χ2n) is 9.10. The van der Waals surface area contributed by atoms with Gasteiger partial charge in [-0.25, -0.2) is 8.78 Å². The highest BCUT2D eigenvalue weighted by Crippen LogP contribution is 2.25. The zero-order valence-corrected chi connectivity index (χ0v) is 21.9. The molecule has 0 fully saturated rings. The first-order valence-electron chi connectivity index (χ1n) is 12.5. The van der Waals surface area contributed by atoms with E-state index in [0.717, 1.165) is 28.6 Å². The van der Waals surface area contributed by atoms with E-state index in [1.54, 1.807) is 0 Å². The molecule has 0 spiro atoms. The number of rotatable bonds is 9. The molecule has 4 aromatic carbocycles. The maximum Gasteiger partial charge on any atom is 0.239 e. The van der Waals surface area contributed by atoms with E-state index >= 15 is 0 Å². The second-order valence-corrected chi connectivity index (χ2v) is 10.9. The average molecular weight is 504 g/mol. The van der Waals surface area contributed by atoms with Crippen LogP contribution in [0.5, 0.6) is 0 Å². The molecule has 1 heterocycles. The molecule has 182 valence electrons. The summed E-state index contributed by atoms with van der Waals surface area (Å²) in [6, 6.07) is 34.2. The predicted octanol–water partition coefficient (Wildman–Crippen LogP) is 5.34. The fraction of sp³-hybridized carbons (Fsp3) is 0.0645. The van der Waals surface area contributed by atoms with Crippen LogP contribution in [0, 0.1) is 11.6 Å². The molecule has 0 unspecified atom stereocenters. The topological polar surface area (TPSA) is 17.8 Å². The molecular formula is C31H27BF2N2Si. The molecule has 1 aromatic heterocycles. The predicted molar refractivity (Wildman–Crippen MR) is 153 cm³/mol. The largest absolute Gasteiger partial charge is 0.346 e. The third-order valence-corrected chi connectivity index (χ3v) is 8.90. The van der Waals surface area contributed by atoms with Crippen LogP contribution >= 0.6 is 0 Å². The summed E-state index contributed by atoms with van der Waals surface area (Å²) >= 11 is 0. The minimum atomic E-state index is -0.781. The van der Waals surface area contributed by atoms with E-state index in [4.69, 9.17) is 4.98 Å². The van der Waals surface area contributed by atoms with Crippen LogP contribution in [0.1, 0.15) is 27.8 Å². The molecule has 0 aliphatic rings. The zero-order valence-electron chi connectivity index (χ0n) is 20.5. The number of halogens is 2. The van der Waals surface area contributed by atoms with E-state index in [1.807, 2.05) is 60.9 Å². The minimum Gasteiger partial charge on any atom is -0.346 e. The monoisotopic (exact) mass is 504 g/mol. The lowest BCUT2D eigenvalue weighted by molar-refractivity contribution is 0.626. The van der Waals surface area contributed by atoms with Crippen LogP contribution in [0.25, 0.3) is 11.5 Å². The van der Waals surface area contributed by atoms with Crippen molar-refractivity contribution >= 4 is 34.1 Å². The van der Waals surface area contributed by atoms with E-state index in [9.17, 15) is 8.78 Å². The Kier molecular flexibility index (Phi) is 7.87. The van der Waals surface area contributed by atoms with Gasteiger partial charge in [-0.05, 0) is 52.1 Å². The molecule has 6 heteroatoms. The first-order chi connectivity index (χ1) is 18.2. The molecule has 0 amide bonds. The van der Waals surface area contributed by atoms with Crippen LogP contribution < -0.4 is 5.72 Å². The van der Waals surface area contributed by atoms with Crippen LogP contribution in [-0.4, -0.2) is 26.4 Å². The van der Waals surface area contributed by atoms with Crippen molar-refractivity contribution in [3.05, 3.63) is 155 Å². The van der Waals surface area contributed by atoms with Crippen molar-refractivity contribution in [3.63, 3.8) is 0 Å². The van der Waals surface area contributed by atoms with E-state index < -0.39 is 9.52 Å². The molecule has 2 nitrogen and oxygen atoms in total. The smallest absolute Gasteiger partial charge is 0.239 e. The number of hydrogen-bond acceptors (Lipinski definition) is 1. The van der Waals surface area contributed by atoms with Crippen molar-refractivity contribution in [1.82, 2.24) is 9.55 Å². The van der Waals surface area contributed by atoms with Gasteiger partial charge >= 0.3 is 0 Å². The van der Waals surface area contributed by atoms with Gasteiger partial charge in [0, 0.05) is 18.6 Å². The van der Waals surface area contributed by atoms with Crippen molar-refractivity contribution in [3.8, 4) is 0 Å². The summed E-state index contributed by atoms with van der Waals surface area (Å²) in [7, 11) is -0.0748. The van der Waals surface area contributed by atoms with Crippen molar-refractivity contribution in [1.29, 1.82) is 0 Å². The molecule has 0 aliphatic carbocycles. The molecule has 0 saturated carbocycles. The molecule has 5 rings (SSSR count). The molecule has 0 aliphatic heterocycles. The Bertz CT molecular complexity index is 1410. The highest BCUT2D eigenvalue weighted by molar-refractivity contribution is 6.73. The van der Waals surface area contributed by atoms with Crippen LogP contribution in [-0.2, 0) is 6.17 Å². The van der Waals surface area contributed by atoms with Gasteiger partial charge in [-0.3, -0.25) is 4.98 Å². The summed E-state index contributed by atoms with van der Waals surface area (Å²) in [4.78, 5) is 4.71. The lowest BCUT2D eigenvalue weighted by Gasteiger charge is -2.19. The molecule has 37 heavy (non-hydrogen) atoms. The molecule has 0 bridgehead atoms. The molecule has 0 atom stereocenters. The summed E-state index contributed by atoms with van der Waals surface area (Å²) in [5.41, 5.74) is 6.82. The maximum atomic E-state index is 13.6. The average Bonchev–Trinajstić information content (AvgIpc) is 3.38. The van der Waals surface area contributed by atoms with Gasteiger partial charge in [-0.1, -0.05) is 96.5 Å². The Balaban J connectivity index is 1.40. The SMILES string of the molecule is Fc1ccc(C([SiH2]Cn2ccnc2BC(=Cc2ccccc2)c2ccccc2)c2ccc(F)cc2)cc1. The first kappa shape index (κ1) is 24.7. The summed E-state index contributed by atoms with van der Waals surface area (Å²) in [5.74, 6) is -0.502. The summed E-state index contributed by atoms with van der Waals surface area (Å²) in [6.45, 7) is 0. The van der Waals surface area contributed by atoms with Gasteiger partial charge in [0.1, 0.15) is 11.6 Å². The van der Waals surface area contributed by atoms with Gasteiger partial charge in [0.05, 0.1) is 15.2 Å². The third kappa shape index (κ3) is 6.40. The van der Waals surface area contributed by atoms with E-state index in [2.05, 4.69) is 47.0 Å². The van der Waals surface area contributed by atoms with Crippen molar-refractivity contribution < 1.29 is 8.78 Å². The second kappa shape index (κ2) is 11.8. The Morgan fingerprint density at radius 1 is 0.784 bits per heavy atom. The van der Waals surface area contributed by atoms with Crippen LogP contribution in [0.4, 0.5) is 8.78 Å². The van der Waals surface area contributed by atoms with Crippen molar-refractivity contribution in [2.24, 2.45) is 0 Å². The normalized spacial score (nSPS) is 11.9.